The second-order valence-electron chi connectivity index (χ2n) is 3.81. The summed E-state index contributed by atoms with van der Waals surface area (Å²) >= 11 is 0. The number of ether oxygens (including phenoxy) is 1. The van der Waals surface area contributed by atoms with Gasteiger partial charge in [0.15, 0.2) is 0 Å². The molecule has 3 heteroatoms. The molecule has 0 amide bonds. The number of hydrogen-bond donors (Lipinski definition) is 1. The molecule has 1 aromatic rings. The predicted octanol–water partition coefficient (Wildman–Crippen LogP) is 2.20. The van der Waals surface area contributed by atoms with Crippen molar-refractivity contribution in [1.29, 1.82) is 0 Å². The summed E-state index contributed by atoms with van der Waals surface area (Å²) in [6.07, 6.45) is 0. The average molecular weight is 222 g/mol. The molecule has 1 rings (SSSR count). The van der Waals surface area contributed by atoms with Crippen molar-refractivity contribution in [3.63, 3.8) is 0 Å². The molecule has 1 aromatic carbocycles. The molecule has 0 atom stereocenters. The minimum atomic E-state index is -0.429. The van der Waals surface area contributed by atoms with Gasteiger partial charge in [0.2, 0.25) is 0 Å². The van der Waals surface area contributed by atoms with Gasteiger partial charge in [0.05, 0.1) is 12.2 Å². The fourth-order valence-corrected chi connectivity index (χ4v) is 1.08. The minimum absolute atomic E-state index is 0.269. The molecule has 0 heterocycles. The zero-order valence-corrected chi connectivity index (χ0v) is 9.46. The van der Waals surface area contributed by atoms with Gasteiger partial charge in [-0.15, -0.1) is 0 Å². The molecule has 0 aliphatic carbocycles. The number of hydrogen-bond acceptors (Lipinski definition) is 2. The fraction of sp³-hybridized carbons (Fsp3) is 0.385. The zero-order chi connectivity index (χ0) is 12.0. The third kappa shape index (κ3) is 3.92. The van der Waals surface area contributed by atoms with E-state index in [1.165, 1.54) is 6.07 Å². The molecule has 0 aromatic heterocycles. The van der Waals surface area contributed by atoms with Gasteiger partial charge in [0, 0.05) is 6.07 Å². The van der Waals surface area contributed by atoms with E-state index in [2.05, 4.69) is 11.8 Å². The standard InChI is InChI=1S/C13H15FO2/c1-10(2)9-16-12-6-5-11(4-3-7-15)13(14)8-12/h5-6,8,10,15H,7,9H2,1-2H3. The van der Waals surface area contributed by atoms with Crippen LogP contribution in [0, 0.1) is 23.6 Å². The fourth-order valence-electron chi connectivity index (χ4n) is 1.08. The highest BCUT2D eigenvalue weighted by atomic mass is 19.1. The molecule has 0 aliphatic rings. The summed E-state index contributed by atoms with van der Waals surface area (Å²) in [6.45, 7) is 4.33. The maximum atomic E-state index is 13.4. The van der Waals surface area contributed by atoms with Gasteiger partial charge >= 0.3 is 0 Å². The number of halogens is 1. The second kappa shape index (κ2) is 6.14. The van der Waals surface area contributed by atoms with E-state index in [0.29, 0.717) is 18.3 Å². The summed E-state index contributed by atoms with van der Waals surface area (Å²) < 4.78 is 18.8. The normalized spacial score (nSPS) is 9.81. The summed E-state index contributed by atoms with van der Waals surface area (Å²) in [4.78, 5) is 0. The van der Waals surface area contributed by atoms with Crippen LogP contribution in [0.2, 0.25) is 0 Å². The predicted molar refractivity (Wildman–Crippen MR) is 60.7 cm³/mol. The van der Waals surface area contributed by atoms with E-state index in [0.717, 1.165) is 0 Å². The Labute approximate surface area is 95.1 Å². The van der Waals surface area contributed by atoms with Gasteiger partial charge in [0.25, 0.3) is 0 Å². The Morgan fingerprint density at radius 1 is 1.44 bits per heavy atom. The first-order valence-electron chi connectivity index (χ1n) is 5.15. The molecule has 0 aliphatic heterocycles. The summed E-state index contributed by atoms with van der Waals surface area (Å²) in [5.74, 6) is 5.40. The van der Waals surface area contributed by atoms with Crippen LogP contribution in [-0.2, 0) is 0 Å². The van der Waals surface area contributed by atoms with Crippen LogP contribution in [0.25, 0.3) is 0 Å². The summed E-state index contributed by atoms with van der Waals surface area (Å²) in [7, 11) is 0. The Hall–Kier alpha value is -1.53. The van der Waals surface area contributed by atoms with Crippen LogP contribution in [-0.4, -0.2) is 18.3 Å². The van der Waals surface area contributed by atoms with Crippen LogP contribution in [0.5, 0.6) is 5.75 Å². The van der Waals surface area contributed by atoms with Crippen LogP contribution in [0.15, 0.2) is 18.2 Å². The average Bonchev–Trinajstić information content (AvgIpc) is 2.25. The molecule has 0 saturated heterocycles. The van der Waals surface area contributed by atoms with Crippen molar-refractivity contribution >= 4 is 0 Å². The lowest BCUT2D eigenvalue weighted by Crippen LogP contribution is -2.04. The molecule has 0 bridgehead atoms. The lowest BCUT2D eigenvalue weighted by molar-refractivity contribution is 0.270. The Balaban J connectivity index is 2.74. The second-order valence-corrected chi connectivity index (χ2v) is 3.81. The van der Waals surface area contributed by atoms with Crippen LogP contribution in [0.1, 0.15) is 19.4 Å². The number of benzene rings is 1. The van der Waals surface area contributed by atoms with E-state index in [4.69, 9.17) is 9.84 Å². The van der Waals surface area contributed by atoms with Gasteiger partial charge < -0.3 is 9.84 Å². The number of aliphatic hydroxyl groups excluding tert-OH is 1. The number of aliphatic hydroxyl groups is 1. The van der Waals surface area contributed by atoms with E-state index in [-0.39, 0.29) is 12.2 Å². The molecule has 0 fully saturated rings. The van der Waals surface area contributed by atoms with Crippen molar-refractivity contribution in [3.05, 3.63) is 29.6 Å². The highest BCUT2D eigenvalue weighted by molar-refractivity contribution is 5.39. The van der Waals surface area contributed by atoms with Gasteiger partial charge in [-0.05, 0) is 18.1 Å². The topological polar surface area (TPSA) is 29.5 Å². The number of rotatable bonds is 3. The molecule has 0 saturated carbocycles. The third-order valence-corrected chi connectivity index (χ3v) is 1.83. The third-order valence-electron chi connectivity index (χ3n) is 1.83. The molecule has 0 unspecified atom stereocenters. The first-order valence-corrected chi connectivity index (χ1v) is 5.15. The largest absolute Gasteiger partial charge is 0.493 e. The lowest BCUT2D eigenvalue weighted by atomic mass is 10.2. The van der Waals surface area contributed by atoms with E-state index < -0.39 is 5.82 Å². The monoisotopic (exact) mass is 222 g/mol. The van der Waals surface area contributed by atoms with Gasteiger partial charge in [0.1, 0.15) is 18.2 Å². The van der Waals surface area contributed by atoms with E-state index in [9.17, 15) is 4.39 Å². The minimum Gasteiger partial charge on any atom is -0.493 e. The summed E-state index contributed by atoms with van der Waals surface area (Å²) in [6, 6.07) is 4.53. The highest BCUT2D eigenvalue weighted by Gasteiger charge is 2.02. The quantitative estimate of drug-likeness (QED) is 0.794. The van der Waals surface area contributed by atoms with Gasteiger partial charge in [-0.25, -0.2) is 4.39 Å². The van der Waals surface area contributed by atoms with Gasteiger partial charge in [-0.1, -0.05) is 25.7 Å². The Morgan fingerprint density at radius 2 is 2.19 bits per heavy atom. The molecular weight excluding hydrogens is 207 g/mol. The van der Waals surface area contributed by atoms with Crippen molar-refractivity contribution < 1.29 is 14.2 Å². The first kappa shape index (κ1) is 12.5. The van der Waals surface area contributed by atoms with Crippen molar-refractivity contribution in [2.75, 3.05) is 13.2 Å². The van der Waals surface area contributed by atoms with E-state index >= 15 is 0 Å². The van der Waals surface area contributed by atoms with Gasteiger partial charge in [-0.3, -0.25) is 0 Å². The van der Waals surface area contributed by atoms with Crippen molar-refractivity contribution in [1.82, 2.24) is 0 Å². The maximum Gasteiger partial charge on any atom is 0.142 e. The SMILES string of the molecule is CC(C)COc1ccc(C#CCO)c(F)c1. The summed E-state index contributed by atoms with van der Waals surface area (Å²) in [5, 5.41) is 8.50. The van der Waals surface area contributed by atoms with E-state index in [1.54, 1.807) is 12.1 Å². The van der Waals surface area contributed by atoms with Crippen LogP contribution in [0.3, 0.4) is 0 Å². The molecule has 16 heavy (non-hydrogen) atoms. The van der Waals surface area contributed by atoms with Gasteiger partial charge in [-0.2, -0.15) is 0 Å². The van der Waals surface area contributed by atoms with Crippen LogP contribution >= 0.6 is 0 Å². The summed E-state index contributed by atoms with van der Waals surface area (Å²) in [5.41, 5.74) is 0.269. The molecule has 86 valence electrons. The molecule has 2 nitrogen and oxygen atoms in total. The Morgan fingerprint density at radius 3 is 2.75 bits per heavy atom. The molecule has 1 N–H and O–H groups in total. The maximum absolute atomic E-state index is 13.4. The van der Waals surface area contributed by atoms with Crippen molar-refractivity contribution in [2.45, 2.75) is 13.8 Å². The Bertz CT molecular complexity index is 402. The molecule has 0 spiro atoms. The zero-order valence-electron chi connectivity index (χ0n) is 9.46. The van der Waals surface area contributed by atoms with Crippen LogP contribution in [0.4, 0.5) is 4.39 Å². The highest BCUT2D eigenvalue weighted by Crippen LogP contribution is 2.16. The Kier molecular flexibility index (Phi) is 4.81. The van der Waals surface area contributed by atoms with E-state index in [1.807, 2.05) is 13.8 Å². The van der Waals surface area contributed by atoms with Crippen LogP contribution < -0.4 is 4.74 Å². The van der Waals surface area contributed by atoms with Crippen molar-refractivity contribution in [2.24, 2.45) is 5.92 Å². The van der Waals surface area contributed by atoms with Crippen molar-refractivity contribution in [3.8, 4) is 17.6 Å². The molecule has 0 radical (unpaired) electrons. The molecular formula is C13H15FO2. The smallest absolute Gasteiger partial charge is 0.142 e. The lowest BCUT2D eigenvalue weighted by Gasteiger charge is -2.08. The first-order chi connectivity index (χ1) is 7.63.